The van der Waals surface area contributed by atoms with Gasteiger partial charge >= 0.3 is 0 Å². The number of methoxy groups -OCH3 is 2. The third-order valence-electron chi connectivity index (χ3n) is 3.61. The highest BCUT2D eigenvalue weighted by Crippen LogP contribution is 2.26. The second-order valence-electron chi connectivity index (χ2n) is 5.40. The molecular weight excluding hydrogens is 322 g/mol. The minimum absolute atomic E-state index is 0.0966. The Balaban J connectivity index is 2.09. The Morgan fingerprint density at radius 2 is 1.60 bits per heavy atom. The third-order valence-corrected chi connectivity index (χ3v) is 3.61. The average molecular weight is 343 g/mol. The highest BCUT2D eigenvalue weighted by molar-refractivity contribution is 5.99. The van der Waals surface area contributed by atoms with Gasteiger partial charge in [0, 0.05) is 5.56 Å². The van der Waals surface area contributed by atoms with Gasteiger partial charge in [-0.1, -0.05) is 0 Å². The molecule has 0 fully saturated rings. The van der Waals surface area contributed by atoms with Crippen molar-refractivity contribution in [3.8, 4) is 17.2 Å². The standard InChI is InChI=1S/C19H21NO5/c1-12(21)14-5-10-18(24-4)17(11-14)20-19(22)13(2)25-16-8-6-15(23-3)7-9-16/h5-11,13H,1-4H3,(H,20,22). The molecule has 0 aliphatic carbocycles. The van der Waals surface area contributed by atoms with Crippen molar-refractivity contribution in [1.82, 2.24) is 0 Å². The first-order valence-electron chi connectivity index (χ1n) is 7.75. The number of ether oxygens (including phenoxy) is 3. The fourth-order valence-electron chi connectivity index (χ4n) is 2.17. The molecule has 1 atom stereocenters. The summed E-state index contributed by atoms with van der Waals surface area (Å²) in [5.41, 5.74) is 0.908. The Morgan fingerprint density at radius 3 is 2.16 bits per heavy atom. The molecule has 0 aromatic heterocycles. The Hall–Kier alpha value is -3.02. The molecule has 0 saturated heterocycles. The number of hydrogen-bond donors (Lipinski definition) is 1. The number of nitrogens with one attached hydrogen (secondary N) is 1. The van der Waals surface area contributed by atoms with E-state index in [1.165, 1.54) is 14.0 Å². The molecule has 0 aliphatic heterocycles. The molecule has 6 heteroatoms. The molecule has 0 bridgehead atoms. The molecule has 0 saturated carbocycles. The smallest absolute Gasteiger partial charge is 0.265 e. The summed E-state index contributed by atoms with van der Waals surface area (Å²) in [6, 6.07) is 11.8. The van der Waals surface area contributed by atoms with E-state index in [2.05, 4.69) is 5.32 Å². The van der Waals surface area contributed by atoms with Crippen molar-refractivity contribution >= 4 is 17.4 Å². The van der Waals surface area contributed by atoms with Crippen molar-refractivity contribution < 1.29 is 23.8 Å². The Morgan fingerprint density at radius 1 is 0.960 bits per heavy atom. The number of carbonyl (C=O) groups is 2. The molecule has 1 amide bonds. The summed E-state index contributed by atoms with van der Waals surface area (Å²) in [7, 11) is 3.07. The van der Waals surface area contributed by atoms with Crippen LogP contribution in [-0.4, -0.2) is 32.0 Å². The number of Topliss-reactive ketones (excluding diaryl/α,β-unsaturated/α-hetero) is 1. The van der Waals surface area contributed by atoms with Crippen LogP contribution in [-0.2, 0) is 4.79 Å². The molecule has 132 valence electrons. The number of anilines is 1. The van der Waals surface area contributed by atoms with E-state index in [9.17, 15) is 9.59 Å². The van der Waals surface area contributed by atoms with Gasteiger partial charge in [-0.25, -0.2) is 0 Å². The van der Waals surface area contributed by atoms with Crippen molar-refractivity contribution in [1.29, 1.82) is 0 Å². The minimum Gasteiger partial charge on any atom is -0.497 e. The molecule has 0 heterocycles. The summed E-state index contributed by atoms with van der Waals surface area (Å²) in [5.74, 6) is 1.27. The van der Waals surface area contributed by atoms with E-state index in [0.717, 1.165) is 0 Å². The predicted octanol–water partition coefficient (Wildman–Crippen LogP) is 3.31. The normalized spacial score (nSPS) is 11.4. The maximum atomic E-state index is 12.4. The van der Waals surface area contributed by atoms with E-state index >= 15 is 0 Å². The lowest BCUT2D eigenvalue weighted by atomic mass is 10.1. The summed E-state index contributed by atoms with van der Waals surface area (Å²) in [4.78, 5) is 23.9. The molecule has 1 N–H and O–H groups in total. The molecular formula is C19H21NO5. The number of hydrogen-bond acceptors (Lipinski definition) is 5. The van der Waals surface area contributed by atoms with E-state index in [0.29, 0.717) is 28.5 Å². The molecule has 25 heavy (non-hydrogen) atoms. The first kappa shape index (κ1) is 18.3. The number of ketones is 1. The van der Waals surface area contributed by atoms with Crippen LogP contribution in [0.2, 0.25) is 0 Å². The van der Waals surface area contributed by atoms with Crippen LogP contribution in [0.5, 0.6) is 17.2 Å². The molecule has 0 aliphatic rings. The van der Waals surface area contributed by atoms with Crippen LogP contribution in [0.4, 0.5) is 5.69 Å². The largest absolute Gasteiger partial charge is 0.497 e. The van der Waals surface area contributed by atoms with Crippen LogP contribution in [0.1, 0.15) is 24.2 Å². The summed E-state index contributed by atoms with van der Waals surface area (Å²) in [5, 5.41) is 2.73. The number of rotatable bonds is 7. The summed E-state index contributed by atoms with van der Waals surface area (Å²) in [6.07, 6.45) is -0.737. The topological polar surface area (TPSA) is 73.9 Å². The van der Waals surface area contributed by atoms with Gasteiger partial charge in [0.2, 0.25) is 0 Å². The number of amides is 1. The van der Waals surface area contributed by atoms with Gasteiger partial charge in [0.25, 0.3) is 5.91 Å². The highest BCUT2D eigenvalue weighted by Gasteiger charge is 2.17. The lowest BCUT2D eigenvalue weighted by Crippen LogP contribution is -2.30. The molecule has 0 spiro atoms. The van der Waals surface area contributed by atoms with Crippen molar-refractivity contribution in [3.05, 3.63) is 48.0 Å². The SMILES string of the molecule is COc1ccc(OC(C)C(=O)Nc2cc(C(C)=O)ccc2OC)cc1. The monoisotopic (exact) mass is 343 g/mol. The first-order valence-corrected chi connectivity index (χ1v) is 7.75. The Labute approximate surface area is 146 Å². The van der Waals surface area contributed by atoms with Gasteiger partial charge in [-0.2, -0.15) is 0 Å². The van der Waals surface area contributed by atoms with Gasteiger partial charge in [0.15, 0.2) is 11.9 Å². The Kier molecular flexibility index (Phi) is 6.00. The first-order chi connectivity index (χ1) is 11.9. The lowest BCUT2D eigenvalue weighted by Gasteiger charge is -2.16. The van der Waals surface area contributed by atoms with E-state index in [-0.39, 0.29) is 11.7 Å². The zero-order chi connectivity index (χ0) is 18.4. The average Bonchev–Trinajstić information content (AvgIpc) is 2.62. The van der Waals surface area contributed by atoms with Gasteiger partial charge in [-0.05, 0) is 56.3 Å². The van der Waals surface area contributed by atoms with Gasteiger partial charge in [0.05, 0.1) is 19.9 Å². The van der Waals surface area contributed by atoms with Crippen LogP contribution in [0.25, 0.3) is 0 Å². The van der Waals surface area contributed by atoms with E-state index in [1.807, 2.05) is 0 Å². The zero-order valence-electron chi connectivity index (χ0n) is 14.7. The van der Waals surface area contributed by atoms with Crippen LogP contribution in [0.3, 0.4) is 0 Å². The third kappa shape index (κ3) is 4.73. The van der Waals surface area contributed by atoms with Gasteiger partial charge in [-0.3, -0.25) is 9.59 Å². The fourth-order valence-corrected chi connectivity index (χ4v) is 2.17. The van der Waals surface area contributed by atoms with Crippen LogP contribution < -0.4 is 19.5 Å². The molecule has 2 rings (SSSR count). The van der Waals surface area contributed by atoms with Crippen molar-refractivity contribution in [3.63, 3.8) is 0 Å². The van der Waals surface area contributed by atoms with E-state index in [1.54, 1.807) is 56.5 Å². The second-order valence-corrected chi connectivity index (χ2v) is 5.40. The summed E-state index contributed by atoms with van der Waals surface area (Å²) < 4.78 is 15.9. The van der Waals surface area contributed by atoms with Crippen LogP contribution in [0.15, 0.2) is 42.5 Å². The highest BCUT2D eigenvalue weighted by atomic mass is 16.5. The molecule has 6 nitrogen and oxygen atoms in total. The van der Waals surface area contributed by atoms with Crippen molar-refractivity contribution in [2.45, 2.75) is 20.0 Å². The van der Waals surface area contributed by atoms with Crippen LogP contribution in [0, 0.1) is 0 Å². The maximum absolute atomic E-state index is 12.4. The molecule has 1 unspecified atom stereocenters. The fraction of sp³-hybridized carbons (Fsp3) is 0.263. The summed E-state index contributed by atoms with van der Waals surface area (Å²) >= 11 is 0. The quantitative estimate of drug-likeness (QED) is 0.781. The number of carbonyl (C=O) groups excluding carboxylic acids is 2. The Bertz CT molecular complexity index is 755. The lowest BCUT2D eigenvalue weighted by molar-refractivity contribution is -0.122. The van der Waals surface area contributed by atoms with Crippen molar-refractivity contribution in [2.24, 2.45) is 0 Å². The van der Waals surface area contributed by atoms with E-state index in [4.69, 9.17) is 14.2 Å². The van der Waals surface area contributed by atoms with Crippen molar-refractivity contribution in [2.75, 3.05) is 19.5 Å². The molecule has 2 aromatic rings. The summed E-state index contributed by atoms with van der Waals surface area (Å²) in [6.45, 7) is 3.10. The molecule has 2 aromatic carbocycles. The van der Waals surface area contributed by atoms with Gasteiger partial charge < -0.3 is 19.5 Å². The van der Waals surface area contributed by atoms with Crippen LogP contribution >= 0.6 is 0 Å². The van der Waals surface area contributed by atoms with Gasteiger partial charge in [-0.15, -0.1) is 0 Å². The second kappa shape index (κ2) is 8.19. The van der Waals surface area contributed by atoms with E-state index < -0.39 is 6.10 Å². The zero-order valence-corrected chi connectivity index (χ0v) is 14.7. The minimum atomic E-state index is -0.737. The predicted molar refractivity (Wildman–Crippen MR) is 94.7 cm³/mol. The number of benzene rings is 2. The molecule has 0 radical (unpaired) electrons. The van der Waals surface area contributed by atoms with Gasteiger partial charge in [0.1, 0.15) is 17.2 Å². The maximum Gasteiger partial charge on any atom is 0.265 e.